The molecule has 2 amide bonds. The molecule has 0 atom stereocenters. The normalized spacial score (nSPS) is 12.7. The Morgan fingerprint density at radius 3 is 1.67 bits per heavy atom. The van der Waals surface area contributed by atoms with E-state index in [-0.39, 0.29) is 11.1 Å². The Kier molecular flexibility index (Phi) is 14.3. The molecule has 18 heteroatoms. The monoisotopic (exact) mass is 884 g/mol. The number of amides is 2. The van der Waals surface area contributed by atoms with Gasteiger partial charge < -0.3 is 46.8 Å². The number of thiocarbonyl (C=S) groups is 2. The molecular formula is C42H38Cl2N8O6S2. The van der Waals surface area contributed by atoms with E-state index in [1.807, 2.05) is 0 Å². The number of hydrogen-bond acceptors (Lipinski definition) is 12. The molecule has 0 radical (unpaired) electrons. The maximum absolute atomic E-state index is 11.8. The first-order valence-electron chi connectivity index (χ1n) is 18.3. The number of benzene rings is 4. The molecule has 2 fully saturated rings. The lowest BCUT2D eigenvalue weighted by Crippen LogP contribution is -2.30. The number of primary amides is 2. The van der Waals surface area contributed by atoms with Gasteiger partial charge in [0.25, 0.3) is 11.8 Å². The quantitative estimate of drug-likeness (QED) is 0.0609. The molecule has 2 aliphatic carbocycles. The van der Waals surface area contributed by atoms with Crippen molar-refractivity contribution in [2.45, 2.75) is 37.8 Å². The number of hydrogen-bond donors (Lipinski definition) is 5. The van der Waals surface area contributed by atoms with Gasteiger partial charge in [-0.25, -0.2) is 0 Å². The van der Waals surface area contributed by atoms with Gasteiger partial charge in [-0.3, -0.25) is 19.6 Å². The second-order valence-electron chi connectivity index (χ2n) is 13.4. The smallest absolute Gasteiger partial charge is 0.252 e. The molecule has 0 aliphatic heterocycles. The topological polar surface area (TPSA) is 211 Å². The van der Waals surface area contributed by atoms with Gasteiger partial charge in [0.2, 0.25) is 0 Å². The number of nitrogens with zero attached hydrogens (tertiary/aromatic N) is 3. The Bertz CT molecular complexity index is 2660. The number of fused-ring (bicyclic) bond motifs is 2. The highest BCUT2D eigenvalue weighted by molar-refractivity contribution is 7.80. The summed E-state index contributed by atoms with van der Waals surface area (Å²) < 4.78 is 22.4. The summed E-state index contributed by atoms with van der Waals surface area (Å²) in [5.74, 6) is 1.50. The van der Waals surface area contributed by atoms with Crippen molar-refractivity contribution in [1.82, 2.24) is 15.3 Å². The zero-order valence-corrected chi connectivity index (χ0v) is 35.3. The van der Waals surface area contributed by atoms with Gasteiger partial charge in [0.05, 0.1) is 63.0 Å². The van der Waals surface area contributed by atoms with Crippen LogP contribution >= 0.6 is 47.6 Å². The molecule has 14 nitrogen and oxygen atoms in total. The molecule has 0 spiro atoms. The van der Waals surface area contributed by atoms with E-state index >= 15 is 0 Å². The summed E-state index contributed by atoms with van der Waals surface area (Å²) in [5.41, 5.74) is 19.0. The van der Waals surface area contributed by atoms with Gasteiger partial charge in [-0.05, 0) is 98.6 Å². The molecular weight excluding hydrogens is 848 g/mol. The van der Waals surface area contributed by atoms with Crippen molar-refractivity contribution in [3.63, 3.8) is 0 Å². The Balaban J connectivity index is 0.000000185. The molecule has 8 rings (SSSR count). The predicted molar refractivity (Wildman–Crippen MR) is 241 cm³/mol. The second-order valence-corrected chi connectivity index (χ2v) is 14.8. The van der Waals surface area contributed by atoms with Crippen LogP contribution in [0.3, 0.4) is 0 Å². The number of halogens is 2. The van der Waals surface area contributed by atoms with Gasteiger partial charge in [0.15, 0.2) is 5.11 Å². The van der Waals surface area contributed by atoms with Gasteiger partial charge in [0.1, 0.15) is 34.5 Å². The SMILES string of the molecule is COc1cc2nccc(Oc3ccc(N=C=S)c(Cl)c3)c2cc1C(N)=O.COc1cc2nccc(Oc3ccc(NC(=S)NC4CC4)c(Cl)c3)c2cc1C(N)=O.NC1CC1. The zero-order chi connectivity index (χ0) is 42.9. The second kappa shape index (κ2) is 19.7. The minimum atomic E-state index is -0.607. The van der Waals surface area contributed by atoms with E-state index in [4.69, 9.17) is 71.6 Å². The van der Waals surface area contributed by atoms with E-state index in [1.165, 1.54) is 27.1 Å². The molecule has 308 valence electrons. The summed E-state index contributed by atoms with van der Waals surface area (Å²) in [5, 5.41) is 11.2. The maximum atomic E-state index is 11.8. The molecule has 2 aliphatic rings. The first-order chi connectivity index (χ1) is 28.9. The van der Waals surface area contributed by atoms with Crippen LogP contribution in [0.15, 0.2) is 90.2 Å². The van der Waals surface area contributed by atoms with Crippen LogP contribution in [0, 0.1) is 0 Å². The molecule has 8 N–H and O–H groups in total. The fourth-order valence-corrected chi connectivity index (χ4v) is 6.28. The van der Waals surface area contributed by atoms with E-state index in [0.29, 0.717) is 94.9 Å². The van der Waals surface area contributed by atoms with Crippen molar-refractivity contribution in [3.8, 4) is 34.5 Å². The average Bonchev–Trinajstić information content (AvgIpc) is 4.18. The standard InChI is InChI=1S/C21H19ClN4O3S.C18H12ClN3O3S.C3H7N/c1-28-19-10-17-13(9-14(19)20(23)27)18(6-7-24-17)29-12-4-5-16(15(22)8-12)26-21(30)25-11-2-3-11;1-24-17-8-15-11(7-12(17)18(20)23)16(4-5-21-15)25-10-2-3-14(22-9-26)13(19)6-10;4-3-1-2-3/h4-11H,2-3H2,1H3,(H2,23,27)(H2,25,26,30);2-8H,1H3,(H2,20,23);3H,1-2,4H2. The molecule has 0 unspecified atom stereocenters. The average molecular weight is 886 g/mol. The number of isothiocyanates is 1. The maximum Gasteiger partial charge on any atom is 0.252 e. The van der Waals surface area contributed by atoms with Gasteiger partial charge in [-0.15, -0.1) is 0 Å². The Labute approximate surface area is 365 Å². The predicted octanol–water partition coefficient (Wildman–Crippen LogP) is 8.87. The van der Waals surface area contributed by atoms with Crippen molar-refractivity contribution in [2.75, 3.05) is 19.5 Å². The van der Waals surface area contributed by atoms with E-state index in [0.717, 1.165) is 12.8 Å². The summed E-state index contributed by atoms with van der Waals surface area (Å²) in [6, 6.07) is 21.1. The van der Waals surface area contributed by atoms with Gasteiger partial charge in [0, 0.05) is 59.5 Å². The van der Waals surface area contributed by atoms with Crippen molar-refractivity contribution in [1.29, 1.82) is 0 Å². The van der Waals surface area contributed by atoms with Crippen LogP contribution in [0.1, 0.15) is 46.4 Å². The third kappa shape index (κ3) is 11.3. The van der Waals surface area contributed by atoms with Crippen LogP contribution in [0.4, 0.5) is 11.4 Å². The Morgan fingerprint density at radius 2 is 1.25 bits per heavy atom. The summed E-state index contributed by atoms with van der Waals surface area (Å²) in [6.07, 6.45) is 7.99. The third-order valence-electron chi connectivity index (χ3n) is 8.84. The largest absolute Gasteiger partial charge is 0.496 e. The summed E-state index contributed by atoms with van der Waals surface area (Å²) in [7, 11) is 2.93. The highest BCUT2D eigenvalue weighted by Crippen LogP contribution is 2.37. The Hall–Kier alpha value is -6.13. The summed E-state index contributed by atoms with van der Waals surface area (Å²) in [4.78, 5) is 35.9. The van der Waals surface area contributed by atoms with Crippen LogP contribution < -0.4 is 46.8 Å². The molecule has 2 aromatic heterocycles. The number of nitrogens with one attached hydrogen (secondary N) is 2. The number of aliphatic imine (C=N–C) groups is 1. The molecule has 2 saturated carbocycles. The lowest BCUT2D eigenvalue weighted by atomic mass is 10.1. The molecule has 0 bridgehead atoms. The number of rotatable bonds is 11. The van der Waals surface area contributed by atoms with Crippen molar-refractivity contribution >= 4 is 103 Å². The molecule has 4 aromatic carbocycles. The number of ether oxygens (including phenoxy) is 4. The lowest BCUT2D eigenvalue weighted by Gasteiger charge is -2.14. The zero-order valence-electron chi connectivity index (χ0n) is 32.2. The first-order valence-corrected chi connectivity index (χ1v) is 19.8. The van der Waals surface area contributed by atoms with E-state index in [2.05, 4.69) is 43.0 Å². The fourth-order valence-electron chi connectivity index (χ4n) is 5.47. The van der Waals surface area contributed by atoms with Crippen molar-refractivity contribution in [2.24, 2.45) is 22.2 Å². The number of carbonyl (C=O) groups excluding carboxylic acids is 2. The summed E-state index contributed by atoms with van der Waals surface area (Å²) in [6.45, 7) is 0. The first kappa shape index (κ1) is 43.4. The van der Waals surface area contributed by atoms with Crippen LogP contribution in [-0.2, 0) is 0 Å². The number of aromatic nitrogens is 2. The number of anilines is 1. The van der Waals surface area contributed by atoms with Crippen LogP contribution in [0.5, 0.6) is 34.5 Å². The molecule has 6 aromatic rings. The van der Waals surface area contributed by atoms with E-state index in [1.54, 1.807) is 85.2 Å². The van der Waals surface area contributed by atoms with Gasteiger partial charge >= 0.3 is 0 Å². The molecule has 60 heavy (non-hydrogen) atoms. The minimum absolute atomic E-state index is 0.238. The highest BCUT2D eigenvalue weighted by atomic mass is 35.5. The van der Waals surface area contributed by atoms with Gasteiger partial charge in [-0.1, -0.05) is 23.2 Å². The van der Waals surface area contributed by atoms with Crippen molar-refractivity contribution in [3.05, 3.63) is 106 Å². The Morgan fingerprint density at radius 1 is 0.750 bits per heavy atom. The summed E-state index contributed by atoms with van der Waals surface area (Å²) >= 11 is 22.4. The fraction of sp³-hybridized carbons (Fsp3) is 0.190. The van der Waals surface area contributed by atoms with E-state index < -0.39 is 11.8 Å². The minimum Gasteiger partial charge on any atom is -0.496 e. The molecule has 0 saturated heterocycles. The number of pyridine rings is 2. The molecule has 2 heterocycles. The van der Waals surface area contributed by atoms with Crippen LogP contribution in [0.2, 0.25) is 10.0 Å². The van der Waals surface area contributed by atoms with Gasteiger partial charge in [-0.2, -0.15) is 4.99 Å². The number of methoxy groups -OCH3 is 2. The highest BCUT2D eigenvalue weighted by Gasteiger charge is 2.22. The number of nitrogens with two attached hydrogens (primary N) is 3. The van der Waals surface area contributed by atoms with Crippen LogP contribution in [-0.4, -0.2) is 58.4 Å². The lowest BCUT2D eigenvalue weighted by molar-refractivity contribution is 0.0989. The third-order valence-corrected chi connectivity index (χ3v) is 9.77. The van der Waals surface area contributed by atoms with E-state index in [9.17, 15) is 9.59 Å². The van der Waals surface area contributed by atoms with Crippen LogP contribution in [0.25, 0.3) is 21.8 Å². The number of carbonyl (C=O) groups is 2. The van der Waals surface area contributed by atoms with Crippen molar-refractivity contribution < 1.29 is 28.5 Å².